The minimum absolute atomic E-state index is 0.0441. The fourth-order valence-corrected chi connectivity index (χ4v) is 1.44. The van der Waals surface area contributed by atoms with Gasteiger partial charge in [0.25, 0.3) is 0 Å². The Bertz CT molecular complexity index is 391. The van der Waals surface area contributed by atoms with Crippen LogP contribution in [-0.4, -0.2) is 22.1 Å². The fraction of sp³-hybridized carbons (Fsp3) is 0.364. The third-order valence-electron chi connectivity index (χ3n) is 2.36. The molecule has 5 heteroatoms. The molecule has 0 fully saturated rings. The number of aliphatic hydroxyl groups excluding tert-OH is 1. The van der Waals surface area contributed by atoms with Crippen LogP contribution in [0.4, 0.5) is 8.78 Å². The molecule has 0 amide bonds. The minimum atomic E-state index is -4.18. The predicted octanol–water partition coefficient (Wildman–Crippen LogP) is 2.00. The molecule has 0 bridgehead atoms. The number of hydrogen-bond acceptors (Lipinski definition) is 2. The van der Waals surface area contributed by atoms with Gasteiger partial charge in [-0.3, -0.25) is 0 Å². The number of aliphatic hydroxyl groups is 1. The molecule has 0 aliphatic carbocycles. The second kappa shape index (κ2) is 4.57. The molecular weight excluding hydrogens is 218 g/mol. The van der Waals surface area contributed by atoms with Crippen LogP contribution in [0.3, 0.4) is 0 Å². The van der Waals surface area contributed by atoms with Gasteiger partial charge in [0, 0.05) is 0 Å². The van der Waals surface area contributed by atoms with E-state index in [-0.39, 0.29) is 5.56 Å². The van der Waals surface area contributed by atoms with Crippen molar-refractivity contribution in [2.75, 3.05) is 0 Å². The Kier molecular flexibility index (Phi) is 3.59. The van der Waals surface area contributed by atoms with Gasteiger partial charge in [0.1, 0.15) is 0 Å². The lowest BCUT2D eigenvalue weighted by Gasteiger charge is -2.20. The van der Waals surface area contributed by atoms with E-state index in [0.29, 0.717) is 12.0 Å². The van der Waals surface area contributed by atoms with Crippen LogP contribution in [-0.2, 0) is 11.2 Å². The zero-order valence-electron chi connectivity index (χ0n) is 8.65. The number of aryl methyl sites for hydroxylation is 1. The molecule has 0 aliphatic rings. The van der Waals surface area contributed by atoms with Crippen molar-refractivity contribution in [3.63, 3.8) is 0 Å². The number of carbonyl (C=O) groups is 1. The summed E-state index contributed by atoms with van der Waals surface area (Å²) in [6.45, 7) is 1.74. The molecule has 1 atom stereocenters. The van der Waals surface area contributed by atoms with Crippen molar-refractivity contribution in [2.24, 2.45) is 0 Å². The van der Waals surface area contributed by atoms with Crippen LogP contribution >= 0.6 is 0 Å². The van der Waals surface area contributed by atoms with Crippen LogP contribution in [0.1, 0.15) is 24.2 Å². The van der Waals surface area contributed by atoms with E-state index >= 15 is 0 Å². The number of benzene rings is 1. The lowest BCUT2D eigenvalue weighted by atomic mass is 9.96. The smallest absolute Gasteiger partial charge is 0.377 e. The zero-order chi connectivity index (χ0) is 12.3. The molecule has 0 aromatic heterocycles. The van der Waals surface area contributed by atoms with Crippen molar-refractivity contribution in [3.05, 3.63) is 35.4 Å². The second-order valence-electron chi connectivity index (χ2n) is 3.38. The molecule has 0 heterocycles. The van der Waals surface area contributed by atoms with E-state index in [1.807, 2.05) is 0 Å². The van der Waals surface area contributed by atoms with Gasteiger partial charge in [-0.25, -0.2) is 4.79 Å². The van der Waals surface area contributed by atoms with E-state index in [4.69, 9.17) is 5.11 Å². The standard InChI is InChI=1S/C11H12F2O3/c1-2-7-5-3-4-6-8(7)9(14)11(12,13)10(15)16/h3-6,9,14H,2H2,1H3,(H,15,16). The highest BCUT2D eigenvalue weighted by atomic mass is 19.3. The molecule has 3 nitrogen and oxygen atoms in total. The Morgan fingerprint density at radius 3 is 2.50 bits per heavy atom. The highest BCUT2D eigenvalue weighted by molar-refractivity contribution is 5.76. The monoisotopic (exact) mass is 230 g/mol. The lowest BCUT2D eigenvalue weighted by molar-refractivity contribution is -0.183. The van der Waals surface area contributed by atoms with Crippen LogP contribution in [0.2, 0.25) is 0 Å². The SMILES string of the molecule is CCc1ccccc1C(O)C(F)(F)C(=O)O. The van der Waals surface area contributed by atoms with Gasteiger partial charge in [-0.2, -0.15) is 8.78 Å². The average Bonchev–Trinajstić information content (AvgIpc) is 2.27. The molecular formula is C11H12F2O3. The Hall–Kier alpha value is -1.49. The van der Waals surface area contributed by atoms with E-state index in [9.17, 15) is 18.7 Å². The molecule has 0 radical (unpaired) electrons. The van der Waals surface area contributed by atoms with Crippen molar-refractivity contribution in [3.8, 4) is 0 Å². The predicted molar refractivity (Wildman–Crippen MR) is 53.4 cm³/mol. The largest absolute Gasteiger partial charge is 0.477 e. The first-order valence-electron chi connectivity index (χ1n) is 4.78. The van der Waals surface area contributed by atoms with E-state index in [2.05, 4.69) is 0 Å². The Labute approximate surface area is 91.3 Å². The van der Waals surface area contributed by atoms with Gasteiger partial charge in [0.2, 0.25) is 0 Å². The summed E-state index contributed by atoms with van der Waals surface area (Å²) >= 11 is 0. The molecule has 88 valence electrons. The van der Waals surface area contributed by atoms with E-state index in [1.54, 1.807) is 19.1 Å². The zero-order valence-corrected chi connectivity index (χ0v) is 8.65. The third-order valence-corrected chi connectivity index (χ3v) is 2.36. The number of aliphatic carboxylic acids is 1. The van der Waals surface area contributed by atoms with Gasteiger partial charge >= 0.3 is 11.9 Å². The summed E-state index contributed by atoms with van der Waals surface area (Å²) < 4.78 is 26.2. The van der Waals surface area contributed by atoms with Gasteiger partial charge < -0.3 is 10.2 Å². The molecule has 2 N–H and O–H groups in total. The number of halogens is 2. The van der Waals surface area contributed by atoms with Crippen molar-refractivity contribution >= 4 is 5.97 Å². The van der Waals surface area contributed by atoms with Crippen LogP contribution < -0.4 is 0 Å². The van der Waals surface area contributed by atoms with Gasteiger partial charge in [-0.05, 0) is 17.5 Å². The molecule has 16 heavy (non-hydrogen) atoms. The van der Waals surface area contributed by atoms with Gasteiger partial charge in [0.05, 0.1) is 0 Å². The first kappa shape index (κ1) is 12.6. The maximum atomic E-state index is 13.1. The quantitative estimate of drug-likeness (QED) is 0.831. The highest BCUT2D eigenvalue weighted by Gasteiger charge is 2.48. The van der Waals surface area contributed by atoms with Crippen LogP contribution in [0.5, 0.6) is 0 Å². The third kappa shape index (κ3) is 2.19. The van der Waals surface area contributed by atoms with Crippen LogP contribution in [0.15, 0.2) is 24.3 Å². The maximum absolute atomic E-state index is 13.1. The molecule has 0 spiro atoms. The second-order valence-corrected chi connectivity index (χ2v) is 3.38. The van der Waals surface area contributed by atoms with Gasteiger partial charge in [0.15, 0.2) is 6.10 Å². The van der Waals surface area contributed by atoms with Crippen LogP contribution in [0.25, 0.3) is 0 Å². The Morgan fingerprint density at radius 1 is 1.44 bits per heavy atom. The lowest BCUT2D eigenvalue weighted by Crippen LogP contribution is -2.35. The molecule has 1 unspecified atom stereocenters. The van der Waals surface area contributed by atoms with Crippen molar-refractivity contribution in [2.45, 2.75) is 25.4 Å². The summed E-state index contributed by atoms with van der Waals surface area (Å²) in [5.41, 5.74) is 0.466. The number of rotatable bonds is 4. The molecule has 0 saturated carbocycles. The van der Waals surface area contributed by atoms with Gasteiger partial charge in [-0.15, -0.1) is 0 Å². The van der Waals surface area contributed by atoms with Gasteiger partial charge in [-0.1, -0.05) is 31.2 Å². The summed E-state index contributed by atoms with van der Waals surface area (Å²) in [7, 11) is 0. The minimum Gasteiger partial charge on any atom is -0.477 e. The number of alkyl halides is 2. The fourth-order valence-electron chi connectivity index (χ4n) is 1.44. The average molecular weight is 230 g/mol. The maximum Gasteiger partial charge on any atom is 0.377 e. The molecule has 1 aromatic carbocycles. The summed E-state index contributed by atoms with van der Waals surface area (Å²) in [6, 6.07) is 6.01. The Morgan fingerprint density at radius 2 is 2.00 bits per heavy atom. The first-order valence-corrected chi connectivity index (χ1v) is 4.78. The highest BCUT2D eigenvalue weighted by Crippen LogP contribution is 2.33. The van der Waals surface area contributed by atoms with E-state index < -0.39 is 18.0 Å². The molecule has 0 saturated heterocycles. The van der Waals surface area contributed by atoms with Crippen molar-refractivity contribution in [1.29, 1.82) is 0 Å². The van der Waals surface area contributed by atoms with E-state index in [0.717, 1.165) is 0 Å². The normalized spacial score (nSPS) is 13.5. The molecule has 1 aromatic rings. The number of hydrogen-bond donors (Lipinski definition) is 2. The van der Waals surface area contributed by atoms with Crippen molar-refractivity contribution < 1.29 is 23.8 Å². The summed E-state index contributed by atoms with van der Waals surface area (Å²) in [6.07, 6.45) is -1.87. The molecule has 0 aliphatic heterocycles. The van der Waals surface area contributed by atoms with E-state index in [1.165, 1.54) is 12.1 Å². The Balaban J connectivity index is 3.14. The van der Waals surface area contributed by atoms with Crippen LogP contribution in [0, 0.1) is 0 Å². The summed E-state index contributed by atoms with van der Waals surface area (Å²) in [5, 5.41) is 17.7. The van der Waals surface area contributed by atoms with Crippen molar-refractivity contribution in [1.82, 2.24) is 0 Å². The summed E-state index contributed by atoms with van der Waals surface area (Å²) in [4.78, 5) is 10.3. The summed E-state index contributed by atoms with van der Waals surface area (Å²) in [5.74, 6) is -6.50. The number of carboxylic acid groups (broad SMARTS) is 1. The number of carboxylic acids is 1. The topological polar surface area (TPSA) is 57.5 Å². The first-order chi connectivity index (χ1) is 7.41. The molecule has 1 rings (SSSR count).